The molecule has 2 aromatic rings. The first kappa shape index (κ1) is 17.5. The molecular weight excluding hydrogens is 373 g/mol. The van der Waals surface area contributed by atoms with Gasteiger partial charge in [-0.25, -0.2) is 0 Å². The summed E-state index contributed by atoms with van der Waals surface area (Å²) in [6, 6.07) is 4.88. The number of carbonyl (C=O) groups excluding carboxylic acids is 1. The molecule has 4 heterocycles. The van der Waals surface area contributed by atoms with E-state index in [4.69, 9.17) is 0 Å². The molecule has 1 amide bonds. The van der Waals surface area contributed by atoms with E-state index in [1.165, 1.54) is 13.0 Å². The van der Waals surface area contributed by atoms with E-state index in [9.17, 15) is 18.0 Å². The van der Waals surface area contributed by atoms with Crippen molar-refractivity contribution in [2.75, 3.05) is 13.1 Å². The van der Waals surface area contributed by atoms with Gasteiger partial charge in [0.25, 0.3) is 5.91 Å². The summed E-state index contributed by atoms with van der Waals surface area (Å²) in [6.45, 7) is 3.67. The number of amides is 1. The standard InChI is InChI=1S/C20H21F3N2OS/c1-11-2-3-13-10-14(27-16(13)15(11)20(21,22)23)18(26)24-17-12-4-8-25(9-5-12)19(17)6-7-19/h2-3,10,12,17H,4-9H2,1H3,(H,24,26). The number of nitrogens with zero attached hydrogens (tertiary/aromatic N) is 1. The number of rotatable bonds is 2. The van der Waals surface area contributed by atoms with E-state index in [0.29, 0.717) is 16.2 Å². The number of fused-ring (bicyclic) bond motifs is 3. The second-order valence-corrected chi connectivity index (χ2v) is 9.22. The molecule has 1 aromatic carbocycles. The van der Waals surface area contributed by atoms with Gasteiger partial charge in [-0.2, -0.15) is 13.2 Å². The summed E-state index contributed by atoms with van der Waals surface area (Å²) >= 11 is 0.957. The number of halogens is 3. The fourth-order valence-electron chi connectivity index (χ4n) is 5.20. The lowest BCUT2D eigenvalue weighted by molar-refractivity contribution is -0.136. The van der Waals surface area contributed by atoms with Crippen molar-refractivity contribution < 1.29 is 18.0 Å². The molecule has 1 atom stereocenters. The van der Waals surface area contributed by atoms with Gasteiger partial charge in [-0.3, -0.25) is 9.69 Å². The molecule has 3 saturated heterocycles. The number of hydrogen-bond acceptors (Lipinski definition) is 3. The Morgan fingerprint density at radius 2 is 1.96 bits per heavy atom. The first-order valence-corrected chi connectivity index (χ1v) is 10.3. The highest BCUT2D eigenvalue weighted by atomic mass is 32.1. The van der Waals surface area contributed by atoms with Crippen LogP contribution in [0.15, 0.2) is 18.2 Å². The van der Waals surface area contributed by atoms with Crippen molar-refractivity contribution >= 4 is 27.3 Å². The summed E-state index contributed by atoms with van der Waals surface area (Å²) in [6.07, 6.45) is -0.0142. The van der Waals surface area contributed by atoms with Crippen molar-refractivity contribution in [3.8, 4) is 0 Å². The predicted octanol–water partition coefficient (Wildman–Crippen LogP) is 4.59. The normalized spacial score (nSPS) is 28.7. The van der Waals surface area contributed by atoms with Crippen LogP contribution in [0.2, 0.25) is 0 Å². The van der Waals surface area contributed by atoms with Crippen LogP contribution >= 0.6 is 11.3 Å². The van der Waals surface area contributed by atoms with Crippen LogP contribution in [0, 0.1) is 12.8 Å². The lowest BCUT2D eigenvalue weighted by Crippen LogP contribution is -2.65. The zero-order chi connectivity index (χ0) is 19.0. The number of piperidine rings is 3. The lowest BCUT2D eigenvalue weighted by atomic mass is 9.77. The third kappa shape index (κ3) is 2.62. The van der Waals surface area contributed by atoms with E-state index in [0.717, 1.165) is 50.1 Å². The van der Waals surface area contributed by atoms with Gasteiger partial charge in [0.05, 0.1) is 16.5 Å². The fourth-order valence-corrected chi connectivity index (χ4v) is 6.38. The average Bonchev–Trinajstić information content (AvgIpc) is 3.27. The predicted molar refractivity (Wildman–Crippen MR) is 99.1 cm³/mol. The Kier molecular flexibility index (Phi) is 3.70. The maximum Gasteiger partial charge on any atom is 0.418 e. The van der Waals surface area contributed by atoms with Crippen LogP contribution < -0.4 is 5.32 Å². The monoisotopic (exact) mass is 394 g/mol. The molecule has 1 N–H and O–H groups in total. The highest BCUT2D eigenvalue weighted by Crippen LogP contribution is 2.53. The number of aryl methyl sites for hydroxylation is 1. The first-order valence-electron chi connectivity index (χ1n) is 9.46. The molecule has 2 bridgehead atoms. The number of nitrogens with one attached hydrogen (secondary N) is 1. The number of hydrogen-bond donors (Lipinski definition) is 1. The Morgan fingerprint density at radius 3 is 2.59 bits per heavy atom. The molecule has 0 radical (unpaired) electrons. The van der Waals surface area contributed by atoms with Gasteiger partial charge in [0.15, 0.2) is 0 Å². The van der Waals surface area contributed by atoms with Crippen LogP contribution in [0.25, 0.3) is 10.1 Å². The molecule has 1 saturated carbocycles. The maximum absolute atomic E-state index is 13.5. The molecule has 6 rings (SSSR count). The van der Waals surface area contributed by atoms with Gasteiger partial charge in [-0.15, -0.1) is 11.3 Å². The molecule has 1 spiro atoms. The smallest absolute Gasteiger partial charge is 0.346 e. The molecule has 7 heteroatoms. The zero-order valence-electron chi connectivity index (χ0n) is 15.0. The quantitative estimate of drug-likeness (QED) is 0.808. The molecule has 4 fully saturated rings. The second-order valence-electron chi connectivity index (χ2n) is 8.16. The van der Waals surface area contributed by atoms with Gasteiger partial charge in [-0.1, -0.05) is 12.1 Å². The third-order valence-corrected chi connectivity index (χ3v) is 7.84. The third-order valence-electron chi connectivity index (χ3n) is 6.67. The highest BCUT2D eigenvalue weighted by molar-refractivity contribution is 7.21. The minimum absolute atomic E-state index is 0.112. The Balaban J connectivity index is 1.47. The molecule has 27 heavy (non-hydrogen) atoms. The van der Waals surface area contributed by atoms with E-state index in [1.807, 2.05) is 0 Å². The second kappa shape index (κ2) is 5.70. The first-order chi connectivity index (χ1) is 12.8. The molecule has 1 aromatic heterocycles. The summed E-state index contributed by atoms with van der Waals surface area (Å²) in [7, 11) is 0. The van der Waals surface area contributed by atoms with Gasteiger partial charge >= 0.3 is 6.18 Å². The van der Waals surface area contributed by atoms with Crippen LogP contribution in [0.5, 0.6) is 0 Å². The highest BCUT2D eigenvalue weighted by Gasteiger charge is 2.60. The Morgan fingerprint density at radius 1 is 1.26 bits per heavy atom. The minimum Gasteiger partial charge on any atom is -0.346 e. The van der Waals surface area contributed by atoms with Crippen molar-refractivity contribution in [3.05, 3.63) is 34.2 Å². The molecular formula is C20H21F3N2OS. The van der Waals surface area contributed by atoms with Crippen LogP contribution in [0.4, 0.5) is 13.2 Å². The number of thiophene rings is 1. The van der Waals surface area contributed by atoms with Crippen LogP contribution in [0.1, 0.15) is 46.5 Å². The SMILES string of the molecule is Cc1ccc2cc(C(=O)NC3C4CCN(CC4)C34CC4)sc2c1C(F)(F)F. The van der Waals surface area contributed by atoms with Gasteiger partial charge < -0.3 is 5.32 Å². The van der Waals surface area contributed by atoms with E-state index in [1.54, 1.807) is 12.1 Å². The Bertz CT molecular complexity index is 923. The molecule has 1 unspecified atom stereocenters. The van der Waals surface area contributed by atoms with Crippen molar-refractivity contribution in [2.24, 2.45) is 5.92 Å². The van der Waals surface area contributed by atoms with Crippen molar-refractivity contribution in [2.45, 2.75) is 50.4 Å². The van der Waals surface area contributed by atoms with E-state index < -0.39 is 11.7 Å². The van der Waals surface area contributed by atoms with Gasteiger partial charge in [0, 0.05) is 10.2 Å². The van der Waals surface area contributed by atoms with Gasteiger partial charge in [0.2, 0.25) is 0 Å². The van der Waals surface area contributed by atoms with Crippen molar-refractivity contribution in [3.63, 3.8) is 0 Å². The topological polar surface area (TPSA) is 32.3 Å². The van der Waals surface area contributed by atoms with E-state index in [-0.39, 0.29) is 27.8 Å². The molecule has 3 aliphatic heterocycles. The summed E-state index contributed by atoms with van der Waals surface area (Å²) in [5.41, 5.74) is -0.315. The Hall–Kier alpha value is -1.60. The van der Waals surface area contributed by atoms with Gasteiger partial charge in [-0.05, 0) is 68.6 Å². The van der Waals surface area contributed by atoms with Crippen molar-refractivity contribution in [1.82, 2.24) is 10.2 Å². The van der Waals surface area contributed by atoms with Gasteiger partial charge in [0.1, 0.15) is 0 Å². The zero-order valence-corrected chi connectivity index (χ0v) is 15.8. The van der Waals surface area contributed by atoms with Crippen LogP contribution in [-0.4, -0.2) is 35.5 Å². The van der Waals surface area contributed by atoms with E-state index in [2.05, 4.69) is 10.2 Å². The summed E-state index contributed by atoms with van der Waals surface area (Å²) in [4.78, 5) is 15.8. The minimum atomic E-state index is -4.42. The largest absolute Gasteiger partial charge is 0.418 e. The Labute approximate surface area is 159 Å². The van der Waals surface area contributed by atoms with Crippen LogP contribution in [0.3, 0.4) is 0 Å². The number of carbonyl (C=O) groups is 1. The molecule has 144 valence electrons. The number of alkyl halides is 3. The molecule has 3 nitrogen and oxygen atoms in total. The summed E-state index contributed by atoms with van der Waals surface area (Å²) in [5, 5.41) is 3.69. The number of benzene rings is 1. The summed E-state index contributed by atoms with van der Waals surface area (Å²) in [5.74, 6) is 0.260. The fraction of sp³-hybridized carbons (Fsp3) is 0.550. The van der Waals surface area contributed by atoms with Crippen molar-refractivity contribution in [1.29, 1.82) is 0 Å². The molecule has 1 aliphatic carbocycles. The average molecular weight is 394 g/mol. The maximum atomic E-state index is 13.5. The summed E-state index contributed by atoms with van der Waals surface area (Å²) < 4.78 is 40.6. The lowest BCUT2D eigenvalue weighted by Gasteiger charge is -2.52. The molecule has 4 aliphatic rings. The van der Waals surface area contributed by atoms with Crippen LogP contribution in [-0.2, 0) is 6.18 Å². The van der Waals surface area contributed by atoms with E-state index >= 15 is 0 Å².